The number of anilines is 1. The number of allylic oxidation sites excluding steroid dienone is 1. The molecule has 0 bridgehead atoms. The molecule has 4 nitrogen and oxygen atoms in total. The van der Waals surface area contributed by atoms with Crippen molar-refractivity contribution in [1.82, 2.24) is 0 Å². The number of ether oxygens (including phenoxy) is 2. The zero-order chi connectivity index (χ0) is 27.3. The molecular weight excluding hydrogens is 529 g/mol. The van der Waals surface area contributed by atoms with Gasteiger partial charge in [0, 0.05) is 38.9 Å². The zero-order valence-electron chi connectivity index (χ0n) is 22.1. The number of Topliss-reactive ketones (excluding diaryl/α,β-unsaturated/α-hetero) is 1. The van der Waals surface area contributed by atoms with Crippen LogP contribution in [0.2, 0.25) is 10.0 Å². The fourth-order valence-electron chi connectivity index (χ4n) is 5.86. The zero-order valence-corrected chi connectivity index (χ0v) is 23.6. The van der Waals surface area contributed by atoms with E-state index in [4.69, 9.17) is 32.7 Å². The molecule has 0 aromatic heterocycles. The van der Waals surface area contributed by atoms with Gasteiger partial charge in [0.1, 0.15) is 6.61 Å². The van der Waals surface area contributed by atoms with E-state index in [0.717, 1.165) is 39.9 Å². The third-order valence-corrected chi connectivity index (χ3v) is 8.25. The van der Waals surface area contributed by atoms with Gasteiger partial charge in [-0.1, -0.05) is 79.5 Å². The predicted molar refractivity (Wildman–Crippen MR) is 159 cm³/mol. The van der Waals surface area contributed by atoms with Gasteiger partial charge in [0.05, 0.1) is 13.2 Å². The van der Waals surface area contributed by atoms with Gasteiger partial charge in [0.2, 0.25) is 0 Å². The molecule has 1 aliphatic carbocycles. The summed E-state index contributed by atoms with van der Waals surface area (Å²) in [5.41, 5.74) is 5.85. The number of halogens is 2. The third-order valence-electron chi connectivity index (χ3n) is 7.66. The van der Waals surface area contributed by atoms with E-state index < -0.39 is 0 Å². The van der Waals surface area contributed by atoms with Gasteiger partial charge in [-0.15, -0.1) is 0 Å². The molecule has 4 aromatic carbocycles. The van der Waals surface area contributed by atoms with Gasteiger partial charge < -0.3 is 14.8 Å². The van der Waals surface area contributed by atoms with E-state index in [0.29, 0.717) is 28.0 Å². The summed E-state index contributed by atoms with van der Waals surface area (Å²) in [6.07, 6.45) is 1.36. The number of benzene rings is 4. The van der Waals surface area contributed by atoms with Gasteiger partial charge in [-0.05, 0) is 64.1 Å². The van der Waals surface area contributed by atoms with Crippen molar-refractivity contribution in [3.63, 3.8) is 0 Å². The SMILES string of the molecule is COc1cc(C2Nc3ccc4ccccc4c3C3=C2C(=O)CC(C)(C)C3)ccc1OCc1ccc(Cl)cc1Cl. The molecular formula is C33H29Cl2NO3. The monoisotopic (exact) mass is 557 g/mol. The number of fused-ring (bicyclic) bond motifs is 4. The summed E-state index contributed by atoms with van der Waals surface area (Å²) in [4.78, 5) is 13.7. The summed E-state index contributed by atoms with van der Waals surface area (Å²) in [5, 5.41) is 7.16. The van der Waals surface area contributed by atoms with E-state index in [1.807, 2.05) is 24.3 Å². The van der Waals surface area contributed by atoms with Gasteiger partial charge in [0.15, 0.2) is 17.3 Å². The Labute approximate surface area is 238 Å². The minimum absolute atomic E-state index is 0.107. The van der Waals surface area contributed by atoms with Crippen LogP contribution in [0.5, 0.6) is 11.5 Å². The van der Waals surface area contributed by atoms with Crippen LogP contribution in [0.25, 0.3) is 16.3 Å². The highest BCUT2D eigenvalue weighted by molar-refractivity contribution is 6.35. The highest BCUT2D eigenvalue weighted by Crippen LogP contribution is 2.52. The van der Waals surface area contributed by atoms with Crippen molar-refractivity contribution in [3.8, 4) is 11.5 Å². The number of hydrogen-bond donors (Lipinski definition) is 1. The van der Waals surface area contributed by atoms with E-state index >= 15 is 0 Å². The maximum absolute atomic E-state index is 13.7. The van der Waals surface area contributed by atoms with Crippen LogP contribution in [0.15, 0.2) is 78.4 Å². The van der Waals surface area contributed by atoms with Crippen LogP contribution in [-0.4, -0.2) is 12.9 Å². The number of carbonyl (C=O) groups excluding carboxylic acids is 1. The quantitative estimate of drug-likeness (QED) is 0.266. The molecule has 6 heteroatoms. The lowest BCUT2D eigenvalue weighted by Crippen LogP contribution is -2.33. The molecule has 1 aliphatic heterocycles. The second-order valence-corrected chi connectivity index (χ2v) is 11.9. The lowest BCUT2D eigenvalue weighted by Gasteiger charge is -2.40. The molecule has 0 saturated carbocycles. The van der Waals surface area contributed by atoms with Crippen molar-refractivity contribution in [3.05, 3.63) is 105 Å². The van der Waals surface area contributed by atoms with Crippen molar-refractivity contribution in [1.29, 1.82) is 0 Å². The topological polar surface area (TPSA) is 47.6 Å². The first-order valence-electron chi connectivity index (χ1n) is 13.0. The third kappa shape index (κ3) is 4.77. The van der Waals surface area contributed by atoms with Crippen LogP contribution < -0.4 is 14.8 Å². The van der Waals surface area contributed by atoms with Crippen molar-refractivity contribution in [2.45, 2.75) is 39.3 Å². The van der Waals surface area contributed by atoms with Gasteiger partial charge >= 0.3 is 0 Å². The van der Waals surface area contributed by atoms with Gasteiger partial charge in [-0.3, -0.25) is 4.79 Å². The summed E-state index contributed by atoms with van der Waals surface area (Å²) in [6, 6.07) is 23.6. The Balaban J connectivity index is 1.40. The van der Waals surface area contributed by atoms with Gasteiger partial charge in [0.25, 0.3) is 0 Å². The highest BCUT2D eigenvalue weighted by atomic mass is 35.5. The number of nitrogens with one attached hydrogen (secondary N) is 1. The summed E-state index contributed by atoms with van der Waals surface area (Å²) >= 11 is 12.4. The van der Waals surface area contributed by atoms with E-state index in [2.05, 4.69) is 55.6 Å². The fraction of sp³-hybridized carbons (Fsp3) is 0.242. The molecule has 0 fully saturated rings. The molecule has 1 heterocycles. The number of ketones is 1. The summed E-state index contributed by atoms with van der Waals surface area (Å²) in [5.74, 6) is 1.38. The van der Waals surface area contributed by atoms with E-state index in [1.54, 1.807) is 19.2 Å². The van der Waals surface area contributed by atoms with Crippen LogP contribution in [0, 0.1) is 5.41 Å². The predicted octanol–water partition coefficient (Wildman–Crippen LogP) is 9.04. The summed E-state index contributed by atoms with van der Waals surface area (Å²) in [7, 11) is 1.62. The van der Waals surface area contributed by atoms with E-state index in [9.17, 15) is 4.79 Å². The Hall–Kier alpha value is -3.47. The lowest BCUT2D eigenvalue weighted by molar-refractivity contribution is -0.118. The molecule has 6 rings (SSSR count). The average molecular weight is 559 g/mol. The molecule has 198 valence electrons. The Morgan fingerprint density at radius 3 is 2.56 bits per heavy atom. The maximum Gasteiger partial charge on any atom is 0.162 e. The molecule has 0 spiro atoms. The fourth-order valence-corrected chi connectivity index (χ4v) is 6.33. The Bertz CT molecular complexity index is 1660. The smallest absolute Gasteiger partial charge is 0.162 e. The summed E-state index contributed by atoms with van der Waals surface area (Å²) < 4.78 is 11.8. The first-order chi connectivity index (χ1) is 18.7. The van der Waals surface area contributed by atoms with Crippen LogP contribution in [0.1, 0.15) is 49.4 Å². The van der Waals surface area contributed by atoms with Crippen LogP contribution >= 0.6 is 23.2 Å². The van der Waals surface area contributed by atoms with Crippen LogP contribution in [-0.2, 0) is 11.4 Å². The first kappa shape index (κ1) is 25.8. The second kappa shape index (κ2) is 9.93. The molecule has 1 N–H and O–H groups in total. The van der Waals surface area contributed by atoms with Crippen molar-refractivity contribution in [2.75, 3.05) is 12.4 Å². The molecule has 1 atom stereocenters. The van der Waals surface area contributed by atoms with Crippen molar-refractivity contribution < 1.29 is 14.3 Å². The van der Waals surface area contributed by atoms with E-state index in [-0.39, 0.29) is 23.8 Å². The summed E-state index contributed by atoms with van der Waals surface area (Å²) in [6.45, 7) is 4.63. The largest absolute Gasteiger partial charge is 0.493 e. The molecule has 2 aliphatic rings. The number of methoxy groups -OCH3 is 1. The lowest BCUT2D eigenvalue weighted by atomic mass is 9.68. The number of carbonyl (C=O) groups is 1. The van der Waals surface area contributed by atoms with E-state index in [1.165, 1.54) is 10.8 Å². The second-order valence-electron chi connectivity index (χ2n) is 11.1. The molecule has 0 saturated heterocycles. The number of hydrogen-bond acceptors (Lipinski definition) is 4. The standard InChI is InChI=1S/C33H29Cl2NO3/c1-33(2)16-24-30-23-7-5-4-6-19(23)9-12-26(30)36-32(31(24)27(37)17-33)20-10-13-28(29(14-20)38-3)39-18-21-8-11-22(34)15-25(21)35/h4-15,32,36H,16-18H2,1-3H3. The normalized spacial score (nSPS) is 17.9. The van der Waals surface area contributed by atoms with Crippen molar-refractivity contribution in [2.24, 2.45) is 5.41 Å². The Morgan fingerprint density at radius 2 is 1.77 bits per heavy atom. The average Bonchev–Trinajstić information content (AvgIpc) is 2.91. The Kier molecular flexibility index (Phi) is 6.57. The molecule has 0 amide bonds. The molecule has 0 radical (unpaired) electrons. The maximum atomic E-state index is 13.7. The highest BCUT2D eigenvalue weighted by Gasteiger charge is 2.41. The number of rotatable bonds is 5. The Morgan fingerprint density at radius 1 is 0.949 bits per heavy atom. The molecule has 1 unspecified atom stereocenters. The minimum Gasteiger partial charge on any atom is -0.493 e. The van der Waals surface area contributed by atoms with Gasteiger partial charge in [-0.2, -0.15) is 0 Å². The minimum atomic E-state index is -0.286. The molecule has 4 aromatic rings. The van der Waals surface area contributed by atoms with Crippen LogP contribution in [0.3, 0.4) is 0 Å². The molecule has 39 heavy (non-hydrogen) atoms. The first-order valence-corrected chi connectivity index (χ1v) is 13.8. The van der Waals surface area contributed by atoms with Crippen LogP contribution in [0.4, 0.5) is 5.69 Å². The van der Waals surface area contributed by atoms with Crippen molar-refractivity contribution >= 4 is 51.0 Å². The van der Waals surface area contributed by atoms with Gasteiger partial charge in [-0.25, -0.2) is 0 Å².